The lowest BCUT2D eigenvalue weighted by atomic mass is 9.83. The van der Waals surface area contributed by atoms with E-state index in [-0.39, 0.29) is 24.3 Å². The van der Waals surface area contributed by atoms with Gasteiger partial charge >= 0.3 is 0 Å². The molecule has 0 unspecified atom stereocenters. The lowest BCUT2D eigenvalue weighted by molar-refractivity contribution is -0.159. The van der Waals surface area contributed by atoms with E-state index in [2.05, 4.69) is 23.1 Å². The zero-order chi connectivity index (χ0) is 22.9. The zero-order valence-corrected chi connectivity index (χ0v) is 19.5. The number of likely N-dealkylation sites (tertiary alicyclic amines) is 1. The molecule has 2 atom stereocenters. The quantitative estimate of drug-likeness (QED) is 0.725. The summed E-state index contributed by atoms with van der Waals surface area (Å²) in [7, 11) is 4.01. The van der Waals surface area contributed by atoms with Crippen molar-refractivity contribution in [3.8, 4) is 0 Å². The van der Waals surface area contributed by atoms with Crippen LogP contribution in [0.5, 0.6) is 0 Å². The van der Waals surface area contributed by atoms with Crippen LogP contribution in [0.1, 0.15) is 33.0 Å². The molecule has 32 heavy (non-hydrogen) atoms. The summed E-state index contributed by atoms with van der Waals surface area (Å²) in [6.45, 7) is 7.14. The van der Waals surface area contributed by atoms with Crippen LogP contribution in [0.2, 0.25) is 0 Å². The maximum atomic E-state index is 13.7. The van der Waals surface area contributed by atoms with Crippen molar-refractivity contribution in [3.63, 3.8) is 0 Å². The van der Waals surface area contributed by atoms with E-state index in [9.17, 15) is 9.59 Å². The highest BCUT2D eigenvalue weighted by atomic mass is 16.5. The highest BCUT2D eigenvalue weighted by Gasteiger charge is 2.58. The molecule has 2 aliphatic heterocycles. The lowest BCUT2D eigenvalue weighted by Gasteiger charge is -2.42. The molecular weight excluding hydrogens is 402 g/mol. The second-order valence-corrected chi connectivity index (χ2v) is 9.36. The van der Waals surface area contributed by atoms with Crippen LogP contribution >= 0.6 is 0 Å². The SMILES string of the molecule is Cc1cc(C)cc(C(=O)N2CCO[C@@]3(C2)C(=O)N(CCN(C)C)C[C@H]3c2ccccc2)c1. The highest BCUT2D eigenvalue weighted by Crippen LogP contribution is 2.42. The van der Waals surface area contributed by atoms with Crippen LogP contribution in [0.15, 0.2) is 48.5 Å². The van der Waals surface area contributed by atoms with E-state index in [0.717, 1.165) is 23.2 Å². The number of likely N-dealkylation sites (N-methyl/N-ethyl adjacent to an activating group) is 1. The Morgan fingerprint density at radius 2 is 1.81 bits per heavy atom. The van der Waals surface area contributed by atoms with Crippen LogP contribution in [0.3, 0.4) is 0 Å². The first-order chi connectivity index (χ1) is 15.3. The molecule has 0 aliphatic carbocycles. The van der Waals surface area contributed by atoms with E-state index < -0.39 is 5.60 Å². The van der Waals surface area contributed by atoms with Gasteiger partial charge in [-0.25, -0.2) is 0 Å². The van der Waals surface area contributed by atoms with Crippen LogP contribution in [0, 0.1) is 13.8 Å². The molecule has 0 aromatic heterocycles. The average Bonchev–Trinajstić information content (AvgIpc) is 3.03. The minimum atomic E-state index is -1.04. The van der Waals surface area contributed by atoms with Gasteiger partial charge in [-0.2, -0.15) is 0 Å². The molecular formula is C26H33N3O3. The van der Waals surface area contributed by atoms with Crippen molar-refractivity contribution in [2.24, 2.45) is 0 Å². The van der Waals surface area contributed by atoms with Gasteiger partial charge in [-0.1, -0.05) is 47.5 Å². The first-order valence-electron chi connectivity index (χ1n) is 11.3. The highest BCUT2D eigenvalue weighted by molar-refractivity contribution is 5.96. The van der Waals surface area contributed by atoms with Gasteiger partial charge in [0.25, 0.3) is 11.8 Å². The van der Waals surface area contributed by atoms with Gasteiger partial charge < -0.3 is 19.4 Å². The van der Waals surface area contributed by atoms with Gasteiger partial charge in [0, 0.05) is 37.7 Å². The molecule has 6 nitrogen and oxygen atoms in total. The molecule has 170 valence electrons. The number of benzene rings is 2. The first kappa shape index (κ1) is 22.5. The van der Waals surface area contributed by atoms with E-state index >= 15 is 0 Å². The summed E-state index contributed by atoms with van der Waals surface area (Å²) in [6, 6.07) is 16.0. The molecule has 0 radical (unpaired) electrons. The van der Waals surface area contributed by atoms with E-state index in [0.29, 0.717) is 31.8 Å². The predicted octanol–water partition coefficient (Wildman–Crippen LogP) is 2.70. The molecule has 2 amide bonds. The number of amides is 2. The lowest BCUT2D eigenvalue weighted by Crippen LogP contribution is -2.59. The summed E-state index contributed by atoms with van der Waals surface area (Å²) < 4.78 is 6.31. The van der Waals surface area contributed by atoms with Gasteiger partial charge in [-0.15, -0.1) is 0 Å². The number of morpholine rings is 1. The zero-order valence-electron chi connectivity index (χ0n) is 19.5. The Hall–Kier alpha value is -2.70. The Balaban J connectivity index is 1.66. The van der Waals surface area contributed by atoms with Crippen LogP contribution in [0.4, 0.5) is 0 Å². The number of carbonyl (C=O) groups is 2. The topological polar surface area (TPSA) is 53.1 Å². The average molecular weight is 436 g/mol. The maximum absolute atomic E-state index is 13.7. The number of hydrogen-bond donors (Lipinski definition) is 0. The Morgan fingerprint density at radius 1 is 1.12 bits per heavy atom. The van der Waals surface area contributed by atoms with Crippen LogP contribution in [-0.4, -0.2) is 85.5 Å². The molecule has 0 bridgehead atoms. The Bertz CT molecular complexity index is 971. The molecule has 2 aromatic rings. The number of ether oxygens (including phenoxy) is 1. The smallest absolute Gasteiger partial charge is 0.257 e. The van der Waals surface area contributed by atoms with Gasteiger partial charge in [-0.3, -0.25) is 9.59 Å². The molecule has 6 heteroatoms. The summed E-state index contributed by atoms with van der Waals surface area (Å²) in [5, 5.41) is 0. The molecule has 2 fully saturated rings. The fourth-order valence-corrected chi connectivity index (χ4v) is 4.98. The van der Waals surface area contributed by atoms with Crippen molar-refractivity contribution in [1.29, 1.82) is 0 Å². The largest absolute Gasteiger partial charge is 0.361 e. The van der Waals surface area contributed by atoms with Crippen molar-refractivity contribution in [1.82, 2.24) is 14.7 Å². The molecule has 2 aromatic carbocycles. The number of carbonyl (C=O) groups excluding carboxylic acids is 2. The second kappa shape index (κ2) is 9.04. The van der Waals surface area contributed by atoms with E-state index in [1.54, 1.807) is 4.90 Å². The minimum absolute atomic E-state index is 0.00822. The normalized spacial score (nSPS) is 23.4. The van der Waals surface area contributed by atoms with Gasteiger partial charge in [0.05, 0.1) is 13.2 Å². The fraction of sp³-hybridized carbons (Fsp3) is 0.462. The molecule has 2 heterocycles. The molecule has 4 rings (SSSR count). The predicted molar refractivity (Wildman–Crippen MR) is 125 cm³/mol. The van der Waals surface area contributed by atoms with Crippen LogP contribution < -0.4 is 0 Å². The summed E-state index contributed by atoms with van der Waals surface area (Å²) in [5.41, 5.74) is 2.83. The Labute approximate surface area is 190 Å². The van der Waals surface area contributed by atoms with Gasteiger partial charge in [-0.05, 0) is 45.6 Å². The van der Waals surface area contributed by atoms with Gasteiger partial charge in [0.2, 0.25) is 0 Å². The standard InChI is InChI=1S/C26H33N3O3/c1-19-14-20(2)16-22(15-19)24(30)29-12-13-32-26(18-29)23(21-8-6-5-7-9-21)17-28(25(26)31)11-10-27(3)4/h5-9,14-16,23H,10-13,17-18H2,1-4H3/t23-,26+/m0/s1. The summed E-state index contributed by atoms with van der Waals surface area (Å²) in [4.78, 5) is 33.0. The number of hydrogen-bond acceptors (Lipinski definition) is 4. The second-order valence-electron chi connectivity index (χ2n) is 9.36. The summed E-state index contributed by atoms with van der Waals surface area (Å²) in [5.74, 6) is -0.162. The van der Waals surface area contributed by atoms with E-state index in [4.69, 9.17) is 4.74 Å². The van der Waals surface area contributed by atoms with Gasteiger partial charge in [0.1, 0.15) is 0 Å². The molecule has 0 N–H and O–H groups in total. The Morgan fingerprint density at radius 3 is 2.47 bits per heavy atom. The van der Waals surface area contributed by atoms with Crippen molar-refractivity contribution in [3.05, 3.63) is 70.8 Å². The van der Waals surface area contributed by atoms with Gasteiger partial charge in [0.15, 0.2) is 5.60 Å². The molecule has 2 aliphatic rings. The van der Waals surface area contributed by atoms with Crippen molar-refractivity contribution >= 4 is 11.8 Å². The minimum Gasteiger partial charge on any atom is -0.361 e. The van der Waals surface area contributed by atoms with Crippen molar-refractivity contribution in [2.45, 2.75) is 25.4 Å². The molecule has 1 spiro atoms. The molecule has 0 saturated carbocycles. The summed E-state index contributed by atoms with van der Waals surface area (Å²) >= 11 is 0. The fourth-order valence-electron chi connectivity index (χ4n) is 4.98. The number of aryl methyl sites for hydroxylation is 2. The number of rotatable bonds is 5. The van der Waals surface area contributed by atoms with Crippen molar-refractivity contribution < 1.29 is 14.3 Å². The van der Waals surface area contributed by atoms with Crippen LogP contribution in [0.25, 0.3) is 0 Å². The summed E-state index contributed by atoms with van der Waals surface area (Å²) in [6.07, 6.45) is 0. The van der Waals surface area contributed by atoms with Crippen LogP contribution in [-0.2, 0) is 9.53 Å². The third kappa shape index (κ3) is 4.30. The first-order valence-corrected chi connectivity index (χ1v) is 11.3. The third-order valence-electron chi connectivity index (χ3n) is 6.54. The van der Waals surface area contributed by atoms with Crippen molar-refractivity contribution in [2.75, 3.05) is 53.4 Å². The number of nitrogens with zero attached hydrogens (tertiary/aromatic N) is 3. The Kier molecular flexibility index (Phi) is 6.35. The maximum Gasteiger partial charge on any atom is 0.257 e. The monoisotopic (exact) mass is 435 g/mol. The van der Waals surface area contributed by atoms with E-state index in [1.165, 1.54) is 0 Å². The van der Waals surface area contributed by atoms with E-state index in [1.807, 2.05) is 63.2 Å². The third-order valence-corrected chi connectivity index (χ3v) is 6.54. The molecule has 2 saturated heterocycles.